The Morgan fingerprint density at radius 3 is 2.26 bits per heavy atom. The molecule has 1 aliphatic rings. The van der Waals surface area contributed by atoms with Crippen molar-refractivity contribution in [2.75, 3.05) is 23.9 Å². The molecule has 2 aromatic rings. The van der Waals surface area contributed by atoms with Crippen molar-refractivity contribution in [3.63, 3.8) is 0 Å². The third kappa shape index (κ3) is 3.04. The van der Waals surface area contributed by atoms with Gasteiger partial charge < -0.3 is 14.4 Å². The number of hydrogen-bond donors (Lipinski definition) is 0. The molecule has 2 heterocycles. The summed E-state index contributed by atoms with van der Waals surface area (Å²) in [5, 5.41) is 20.5. The Hall–Kier alpha value is -3.93. The van der Waals surface area contributed by atoms with Crippen molar-refractivity contribution in [3.8, 4) is 6.07 Å². The quantitative estimate of drug-likeness (QED) is 0.350. The number of nitrogens with zero attached hydrogens (tertiary/aromatic N) is 5. The van der Waals surface area contributed by atoms with Crippen LogP contribution in [-0.4, -0.2) is 29.4 Å². The van der Waals surface area contributed by atoms with Gasteiger partial charge in [-0.05, 0) is 12.1 Å². The minimum absolute atomic E-state index is 0.130. The van der Waals surface area contributed by atoms with Crippen LogP contribution in [0.15, 0.2) is 58.8 Å². The number of ketones is 1. The van der Waals surface area contributed by atoms with Crippen molar-refractivity contribution in [2.45, 2.75) is 6.54 Å². The SMILES string of the molecule is CN1C(=C(C#N)C(=O)Cn2cc([N+](=O)[O-])ccc2=O)N(C)c2ccccc21. The molecule has 0 bridgehead atoms. The fourth-order valence-corrected chi connectivity index (χ4v) is 3.04. The maximum atomic E-state index is 12.7. The molecule has 1 aromatic carbocycles. The number of benzene rings is 1. The summed E-state index contributed by atoms with van der Waals surface area (Å²) < 4.78 is 0.931. The molecule has 136 valence electrons. The lowest BCUT2D eigenvalue weighted by Crippen LogP contribution is -2.29. The van der Waals surface area contributed by atoms with E-state index in [-0.39, 0.29) is 11.3 Å². The van der Waals surface area contributed by atoms with Crippen LogP contribution >= 0.6 is 0 Å². The average molecular weight is 365 g/mol. The van der Waals surface area contributed by atoms with Gasteiger partial charge in [-0.25, -0.2) is 0 Å². The third-order valence-electron chi connectivity index (χ3n) is 4.35. The number of aromatic nitrogens is 1. The van der Waals surface area contributed by atoms with Gasteiger partial charge in [-0.3, -0.25) is 19.7 Å². The van der Waals surface area contributed by atoms with E-state index in [4.69, 9.17) is 0 Å². The Balaban J connectivity index is 2.01. The zero-order chi connectivity index (χ0) is 19.7. The van der Waals surface area contributed by atoms with E-state index in [1.54, 1.807) is 23.9 Å². The normalized spacial score (nSPS) is 12.6. The number of anilines is 2. The lowest BCUT2D eigenvalue weighted by molar-refractivity contribution is -0.385. The van der Waals surface area contributed by atoms with Gasteiger partial charge in [-0.2, -0.15) is 5.26 Å². The molecule has 3 rings (SSSR count). The summed E-state index contributed by atoms with van der Waals surface area (Å²) in [6, 6.07) is 11.4. The monoisotopic (exact) mass is 365 g/mol. The van der Waals surface area contributed by atoms with Gasteiger partial charge in [0.05, 0.1) is 29.0 Å². The lowest BCUT2D eigenvalue weighted by Gasteiger charge is -2.20. The van der Waals surface area contributed by atoms with E-state index in [1.807, 2.05) is 30.3 Å². The second-order valence-electron chi connectivity index (χ2n) is 5.95. The fourth-order valence-electron chi connectivity index (χ4n) is 3.04. The summed E-state index contributed by atoms with van der Waals surface area (Å²) >= 11 is 0. The number of fused-ring (bicyclic) bond motifs is 1. The Kier molecular flexibility index (Phi) is 4.48. The number of para-hydroxylation sites is 2. The Morgan fingerprint density at radius 2 is 1.74 bits per heavy atom. The molecule has 27 heavy (non-hydrogen) atoms. The van der Waals surface area contributed by atoms with Gasteiger partial charge in [0.1, 0.15) is 17.5 Å². The predicted molar refractivity (Wildman–Crippen MR) is 98.3 cm³/mol. The van der Waals surface area contributed by atoms with Crippen molar-refractivity contribution in [1.29, 1.82) is 5.26 Å². The molecule has 9 heteroatoms. The molecule has 0 radical (unpaired) electrons. The van der Waals surface area contributed by atoms with Gasteiger partial charge in [0, 0.05) is 26.2 Å². The number of pyridine rings is 1. The van der Waals surface area contributed by atoms with E-state index >= 15 is 0 Å². The van der Waals surface area contributed by atoms with Crippen LogP contribution in [0.4, 0.5) is 17.1 Å². The molecule has 1 aromatic heterocycles. The number of nitro groups is 1. The number of carbonyl (C=O) groups is 1. The summed E-state index contributed by atoms with van der Waals surface area (Å²) in [6.45, 7) is -0.467. The van der Waals surface area contributed by atoms with Crippen LogP contribution in [0.3, 0.4) is 0 Å². The minimum Gasteiger partial charge on any atom is -0.328 e. The van der Waals surface area contributed by atoms with Crippen LogP contribution in [-0.2, 0) is 11.3 Å². The lowest BCUT2D eigenvalue weighted by atomic mass is 10.1. The van der Waals surface area contributed by atoms with E-state index in [1.165, 1.54) is 0 Å². The molecule has 9 nitrogen and oxygen atoms in total. The summed E-state index contributed by atoms with van der Waals surface area (Å²) in [4.78, 5) is 38.4. The van der Waals surface area contributed by atoms with E-state index in [0.717, 1.165) is 34.3 Å². The Morgan fingerprint density at radius 1 is 1.15 bits per heavy atom. The molecule has 0 N–H and O–H groups in total. The summed E-state index contributed by atoms with van der Waals surface area (Å²) in [5.74, 6) is -0.219. The maximum absolute atomic E-state index is 12.7. The molecule has 0 fully saturated rings. The molecule has 1 aliphatic heterocycles. The van der Waals surface area contributed by atoms with Gasteiger partial charge in [0.25, 0.3) is 11.2 Å². The first-order valence-corrected chi connectivity index (χ1v) is 7.94. The molecule has 0 saturated heterocycles. The van der Waals surface area contributed by atoms with E-state index in [0.29, 0.717) is 5.82 Å². The molecule has 0 amide bonds. The Bertz CT molecular complexity index is 1050. The largest absolute Gasteiger partial charge is 0.328 e. The average Bonchev–Trinajstić information content (AvgIpc) is 2.89. The molecule has 0 saturated carbocycles. The summed E-state index contributed by atoms with van der Waals surface area (Å²) in [5.41, 5.74) is 0.671. The number of hydrogen-bond acceptors (Lipinski definition) is 7. The molecule has 0 atom stereocenters. The highest BCUT2D eigenvalue weighted by molar-refractivity contribution is 6.02. The standard InChI is InChI=1S/C18H15N5O4/c1-20-14-5-3-4-6-15(14)21(2)18(20)13(9-19)16(24)11-22-10-12(23(26)27)7-8-17(22)25/h3-8,10H,11H2,1-2H3. The first-order valence-electron chi connectivity index (χ1n) is 7.94. The van der Waals surface area contributed by atoms with Gasteiger partial charge >= 0.3 is 0 Å². The third-order valence-corrected chi connectivity index (χ3v) is 4.35. The van der Waals surface area contributed by atoms with Gasteiger partial charge in [0.2, 0.25) is 0 Å². The molecule has 0 spiro atoms. The van der Waals surface area contributed by atoms with Crippen molar-refractivity contribution >= 4 is 22.8 Å². The van der Waals surface area contributed by atoms with Gasteiger partial charge in [-0.1, -0.05) is 12.1 Å². The Labute approximate surface area is 154 Å². The number of Topliss-reactive ketones (excluding diaryl/α,β-unsaturated/α-hetero) is 1. The topological polar surface area (TPSA) is 112 Å². The highest BCUT2D eigenvalue weighted by Gasteiger charge is 2.31. The second-order valence-corrected chi connectivity index (χ2v) is 5.95. The van der Waals surface area contributed by atoms with Crippen molar-refractivity contribution in [1.82, 2.24) is 4.57 Å². The molecule has 0 aliphatic carbocycles. The molecular weight excluding hydrogens is 350 g/mol. The van der Waals surface area contributed by atoms with Crippen LogP contribution in [0.1, 0.15) is 0 Å². The first kappa shape index (κ1) is 17.9. The fraction of sp³-hybridized carbons (Fsp3) is 0.167. The first-order chi connectivity index (χ1) is 12.8. The highest BCUT2D eigenvalue weighted by atomic mass is 16.6. The van der Waals surface area contributed by atoms with Crippen molar-refractivity contribution in [2.24, 2.45) is 0 Å². The summed E-state index contributed by atoms with van der Waals surface area (Å²) in [7, 11) is 3.48. The minimum atomic E-state index is -0.654. The zero-order valence-corrected chi connectivity index (χ0v) is 14.6. The highest BCUT2D eigenvalue weighted by Crippen LogP contribution is 2.40. The number of rotatable bonds is 4. The van der Waals surface area contributed by atoms with Crippen LogP contribution in [0.2, 0.25) is 0 Å². The van der Waals surface area contributed by atoms with Gasteiger partial charge in [-0.15, -0.1) is 0 Å². The smallest absolute Gasteiger partial charge is 0.285 e. The van der Waals surface area contributed by atoms with E-state index < -0.39 is 22.8 Å². The summed E-state index contributed by atoms with van der Waals surface area (Å²) in [6.07, 6.45) is 0.997. The second kappa shape index (κ2) is 6.76. The van der Waals surface area contributed by atoms with Crippen LogP contribution in [0.5, 0.6) is 0 Å². The van der Waals surface area contributed by atoms with Crippen LogP contribution < -0.4 is 15.4 Å². The number of carbonyl (C=O) groups excluding carboxylic acids is 1. The number of nitriles is 1. The molecular formula is C18H15N5O4. The zero-order valence-electron chi connectivity index (χ0n) is 14.6. The van der Waals surface area contributed by atoms with Crippen LogP contribution in [0.25, 0.3) is 0 Å². The van der Waals surface area contributed by atoms with Crippen molar-refractivity contribution in [3.05, 3.63) is 74.5 Å². The van der Waals surface area contributed by atoms with Crippen LogP contribution in [0, 0.1) is 21.4 Å². The molecule has 0 unspecified atom stereocenters. The number of allylic oxidation sites excluding steroid dienone is 1. The van der Waals surface area contributed by atoms with Crippen molar-refractivity contribution < 1.29 is 9.72 Å². The van der Waals surface area contributed by atoms with E-state index in [2.05, 4.69) is 0 Å². The maximum Gasteiger partial charge on any atom is 0.285 e. The predicted octanol–water partition coefficient (Wildman–Crippen LogP) is 1.65. The van der Waals surface area contributed by atoms with E-state index in [9.17, 15) is 25.0 Å². The van der Waals surface area contributed by atoms with Gasteiger partial charge in [0.15, 0.2) is 5.78 Å².